The summed E-state index contributed by atoms with van der Waals surface area (Å²) in [4.78, 5) is 14.4. The molecular formula is C22H29N5OS. The van der Waals surface area contributed by atoms with E-state index in [9.17, 15) is 5.11 Å². The Morgan fingerprint density at radius 3 is 2.79 bits per heavy atom. The van der Waals surface area contributed by atoms with Gasteiger partial charge in [0.1, 0.15) is 10.8 Å². The molecule has 0 spiro atoms. The number of rotatable bonds is 8. The van der Waals surface area contributed by atoms with E-state index in [1.807, 2.05) is 25.1 Å². The van der Waals surface area contributed by atoms with Crippen LogP contribution in [0.25, 0.3) is 20.8 Å². The molecule has 4 rings (SSSR count). The molecule has 6 nitrogen and oxygen atoms in total. The van der Waals surface area contributed by atoms with Crippen molar-refractivity contribution in [3.05, 3.63) is 30.0 Å². The van der Waals surface area contributed by atoms with Gasteiger partial charge in [-0.15, -0.1) is 11.3 Å². The Labute approximate surface area is 175 Å². The van der Waals surface area contributed by atoms with Gasteiger partial charge in [-0.2, -0.15) is 4.98 Å². The number of nitrogens with zero attached hydrogens (tertiary/aromatic N) is 3. The van der Waals surface area contributed by atoms with Crippen LogP contribution in [0.3, 0.4) is 0 Å². The van der Waals surface area contributed by atoms with Gasteiger partial charge in [-0.3, -0.25) is 0 Å². The Hall–Kier alpha value is -2.25. The first-order valence-corrected chi connectivity index (χ1v) is 11.4. The van der Waals surface area contributed by atoms with Crippen LogP contribution in [0.5, 0.6) is 0 Å². The maximum Gasteiger partial charge on any atom is 0.224 e. The Balaban J connectivity index is 1.69. The number of para-hydroxylation sites is 1. The van der Waals surface area contributed by atoms with Gasteiger partial charge in [0.2, 0.25) is 5.95 Å². The highest BCUT2D eigenvalue weighted by Crippen LogP contribution is 2.37. The minimum absolute atomic E-state index is 0.259. The highest BCUT2D eigenvalue weighted by molar-refractivity contribution is 7.21. The standard InChI is InChI=1S/C22H29N5OS/c1-3-4-11-23-22-24-14(2)19(21-26-17-7-5-6-8-18(17)29-21)20(27-22)25-16-10-9-15(12-16)13-28/h5-8,15-16,28H,3-4,9-13H2,1-2H3,(H2,23,24,25,27). The molecule has 0 aliphatic heterocycles. The summed E-state index contributed by atoms with van der Waals surface area (Å²) in [6.45, 7) is 5.33. The van der Waals surface area contributed by atoms with E-state index in [1.54, 1.807) is 11.3 Å². The van der Waals surface area contributed by atoms with Gasteiger partial charge in [0.15, 0.2) is 0 Å². The molecule has 7 heteroatoms. The number of unbranched alkanes of at least 4 members (excludes halogenated alkanes) is 1. The number of hydrogen-bond acceptors (Lipinski definition) is 7. The van der Waals surface area contributed by atoms with Crippen molar-refractivity contribution in [3.8, 4) is 10.6 Å². The third kappa shape index (κ3) is 4.51. The summed E-state index contributed by atoms with van der Waals surface area (Å²) in [5.74, 6) is 1.89. The van der Waals surface area contributed by atoms with Crippen LogP contribution in [0.2, 0.25) is 0 Å². The number of anilines is 2. The molecule has 2 atom stereocenters. The lowest BCUT2D eigenvalue weighted by atomic mass is 10.1. The fraction of sp³-hybridized carbons (Fsp3) is 0.500. The Kier molecular flexibility index (Phi) is 6.25. The van der Waals surface area contributed by atoms with Crippen molar-refractivity contribution < 1.29 is 5.11 Å². The van der Waals surface area contributed by atoms with E-state index in [0.29, 0.717) is 17.9 Å². The monoisotopic (exact) mass is 411 g/mol. The average molecular weight is 412 g/mol. The maximum absolute atomic E-state index is 9.50. The van der Waals surface area contributed by atoms with Crippen molar-refractivity contribution in [1.82, 2.24) is 15.0 Å². The second kappa shape index (κ2) is 9.05. The van der Waals surface area contributed by atoms with E-state index in [4.69, 9.17) is 15.0 Å². The van der Waals surface area contributed by atoms with Crippen LogP contribution in [-0.4, -0.2) is 39.3 Å². The quantitative estimate of drug-likeness (QED) is 0.460. The third-order valence-electron chi connectivity index (χ3n) is 5.55. The fourth-order valence-electron chi connectivity index (χ4n) is 3.93. The molecule has 3 N–H and O–H groups in total. The van der Waals surface area contributed by atoms with Gasteiger partial charge in [0, 0.05) is 19.2 Å². The maximum atomic E-state index is 9.50. The van der Waals surface area contributed by atoms with Gasteiger partial charge >= 0.3 is 0 Å². The van der Waals surface area contributed by atoms with Gasteiger partial charge in [-0.25, -0.2) is 9.97 Å². The van der Waals surface area contributed by atoms with Gasteiger partial charge < -0.3 is 15.7 Å². The smallest absolute Gasteiger partial charge is 0.224 e. The zero-order valence-electron chi connectivity index (χ0n) is 17.1. The van der Waals surface area contributed by atoms with Crippen molar-refractivity contribution in [2.45, 2.75) is 52.0 Å². The molecule has 154 valence electrons. The lowest BCUT2D eigenvalue weighted by Crippen LogP contribution is -2.19. The predicted molar refractivity (Wildman–Crippen MR) is 121 cm³/mol. The van der Waals surface area contributed by atoms with E-state index < -0.39 is 0 Å². The molecule has 1 aliphatic rings. The lowest BCUT2D eigenvalue weighted by Gasteiger charge is -2.18. The molecule has 0 saturated heterocycles. The van der Waals surface area contributed by atoms with Gasteiger partial charge in [0.05, 0.1) is 21.5 Å². The molecular weight excluding hydrogens is 382 g/mol. The predicted octanol–water partition coefficient (Wildman–Crippen LogP) is 4.85. The summed E-state index contributed by atoms with van der Waals surface area (Å²) in [5, 5.41) is 17.5. The fourth-order valence-corrected chi connectivity index (χ4v) is 5.00. The number of aryl methyl sites for hydroxylation is 1. The van der Waals surface area contributed by atoms with Crippen molar-refractivity contribution >= 4 is 33.3 Å². The first kappa shape index (κ1) is 20.0. The number of benzene rings is 1. The molecule has 29 heavy (non-hydrogen) atoms. The summed E-state index contributed by atoms with van der Waals surface area (Å²) in [7, 11) is 0. The molecule has 1 saturated carbocycles. The normalized spacial score (nSPS) is 19.0. The van der Waals surface area contributed by atoms with Crippen LogP contribution in [0.15, 0.2) is 24.3 Å². The second-order valence-corrected chi connectivity index (χ2v) is 8.86. The summed E-state index contributed by atoms with van der Waals surface area (Å²) in [6, 6.07) is 8.52. The highest BCUT2D eigenvalue weighted by atomic mass is 32.1. The first-order valence-electron chi connectivity index (χ1n) is 10.5. The molecule has 1 aliphatic carbocycles. The van der Waals surface area contributed by atoms with Crippen molar-refractivity contribution in [3.63, 3.8) is 0 Å². The van der Waals surface area contributed by atoms with Crippen LogP contribution in [0, 0.1) is 12.8 Å². The molecule has 3 aromatic rings. The van der Waals surface area contributed by atoms with Gasteiger partial charge in [-0.1, -0.05) is 25.5 Å². The zero-order valence-corrected chi connectivity index (χ0v) is 17.9. The van der Waals surface area contributed by atoms with Gasteiger partial charge in [0.25, 0.3) is 0 Å². The van der Waals surface area contributed by atoms with Crippen LogP contribution < -0.4 is 10.6 Å². The number of aromatic nitrogens is 3. The molecule has 1 fully saturated rings. The molecule has 2 heterocycles. The second-order valence-electron chi connectivity index (χ2n) is 7.83. The summed E-state index contributed by atoms with van der Waals surface area (Å²) >= 11 is 1.68. The molecule has 2 unspecified atom stereocenters. The van der Waals surface area contributed by atoms with Crippen LogP contribution in [0.1, 0.15) is 44.7 Å². The van der Waals surface area contributed by atoms with E-state index >= 15 is 0 Å². The number of aliphatic hydroxyl groups is 1. The molecule has 0 bridgehead atoms. The largest absolute Gasteiger partial charge is 0.396 e. The van der Waals surface area contributed by atoms with Crippen molar-refractivity contribution in [2.75, 3.05) is 23.8 Å². The first-order chi connectivity index (χ1) is 14.2. The Bertz CT molecular complexity index is 940. The zero-order chi connectivity index (χ0) is 20.2. The summed E-state index contributed by atoms with van der Waals surface area (Å²) in [5.41, 5.74) is 2.92. The SMILES string of the molecule is CCCCNc1nc(C)c(-c2nc3ccccc3s2)c(NC2CCC(CO)C2)n1. The highest BCUT2D eigenvalue weighted by Gasteiger charge is 2.26. The Morgan fingerprint density at radius 2 is 2.03 bits per heavy atom. The van der Waals surface area contributed by atoms with Crippen LogP contribution in [0.4, 0.5) is 11.8 Å². The van der Waals surface area contributed by atoms with E-state index in [1.165, 1.54) is 4.70 Å². The Morgan fingerprint density at radius 1 is 1.17 bits per heavy atom. The minimum atomic E-state index is 0.259. The molecule has 1 aromatic carbocycles. The van der Waals surface area contributed by atoms with Crippen LogP contribution >= 0.6 is 11.3 Å². The van der Waals surface area contributed by atoms with Crippen molar-refractivity contribution in [1.29, 1.82) is 0 Å². The van der Waals surface area contributed by atoms with E-state index in [0.717, 1.165) is 66.2 Å². The molecule has 0 radical (unpaired) electrons. The number of thiazole rings is 1. The van der Waals surface area contributed by atoms with Crippen LogP contribution in [-0.2, 0) is 0 Å². The number of hydrogen-bond donors (Lipinski definition) is 3. The minimum Gasteiger partial charge on any atom is -0.396 e. The van der Waals surface area contributed by atoms with Crippen molar-refractivity contribution in [2.24, 2.45) is 5.92 Å². The molecule has 0 amide bonds. The summed E-state index contributed by atoms with van der Waals surface area (Å²) in [6.07, 6.45) is 5.29. The topological polar surface area (TPSA) is 83.0 Å². The van der Waals surface area contributed by atoms with Gasteiger partial charge in [-0.05, 0) is 50.7 Å². The summed E-state index contributed by atoms with van der Waals surface area (Å²) < 4.78 is 1.17. The lowest BCUT2D eigenvalue weighted by molar-refractivity contribution is 0.229. The van der Waals surface area contributed by atoms with E-state index in [2.05, 4.69) is 23.6 Å². The van der Waals surface area contributed by atoms with E-state index in [-0.39, 0.29) is 6.61 Å². The average Bonchev–Trinajstić information content (AvgIpc) is 3.34. The number of nitrogens with one attached hydrogen (secondary N) is 2. The third-order valence-corrected chi connectivity index (χ3v) is 6.61. The number of aliphatic hydroxyl groups excluding tert-OH is 1. The number of fused-ring (bicyclic) bond motifs is 1. The molecule has 2 aromatic heterocycles.